The van der Waals surface area contributed by atoms with Crippen LogP contribution in [-0.2, 0) is 0 Å². The predicted octanol–water partition coefficient (Wildman–Crippen LogP) is 4.82. The number of carbonyl (C=O) groups excluding carboxylic acids is 2. The number of hydrogen-bond acceptors (Lipinski definition) is 3. The van der Waals surface area contributed by atoms with E-state index < -0.39 is 0 Å². The maximum atomic E-state index is 13.1. The first-order chi connectivity index (χ1) is 12.1. The van der Waals surface area contributed by atoms with Crippen molar-refractivity contribution < 1.29 is 9.59 Å². The highest BCUT2D eigenvalue weighted by Gasteiger charge is 2.33. The van der Waals surface area contributed by atoms with E-state index in [0.717, 1.165) is 16.8 Å². The summed E-state index contributed by atoms with van der Waals surface area (Å²) in [6, 6.07) is 18.6. The fourth-order valence-corrected chi connectivity index (χ4v) is 3.36. The maximum Gasteiger partial charge on any atom is 0.196 e. The summed E-state index contributed by atoms with van der Waals surface area (Å²) in [5.74, 6) is -0.186. The number of para-hydroxylation sites is 1. The molecule has 0 bridgehead atoms. The van der Waals surface area contributed by atoms with E-state index in [1.807, 2.05) is 50.2 Å². The Hall–Kier alpha value is -3.20. The van der Waals surface area contributed by atoms with Crippen LogP contribution < -0.4 is 5.32 Å². The zero-order chi connectivity index (χ0) is 17.6. The van der Waals surface area contributed by atoms with Crippen molar-refractivity contribution in [3.05, 3.63) is 94.0 Å². The second-order valence-corrected chi connectivity index (χ2v) is 6.31. The fourth-order valence-electron chi connectivity index (χ4n) is 3.36. The normalized spacial score (nSPS) is 12.6. The number of benzene rings is 3. The molecule has 0 heterocycles. The van der Waals surface area contributed by atoms with E-state index >= 15 is 0 Å². The van der Waals surface area contributed by atoms with Gasteiger partial charge in [0.05, 0.1) is 11.3 Å². The van der Waals surface area contributed by atoms with Crippen LogP contribution in [0, 0.1) is 13.8 Å². The van der Waals surface area contributed by atoms with Gasteiger partial charge in [-0.2, -0.15) is 0 Å². The van der Waals surface area contributed by atoms with Crippen molar-refractivity contribution in [2.45, 2.75) is 13.8 Å². The van der Waals surface area contributed by atoms with Gasteiger partial charge in [0, 0.05) is 22.4 Å². The topological polar surface area (TPSA) is 46.2 Å². The van der Waals surface area contributed by atoms with Crippen LogP contribution in [0.5, 0.6) is 0 Å². The summed E-state index contributed by atoms with van der Waals surface area (Å²) >= 11 is 0. The second kappa shape index (κ2) is 5.71. The molecular weight excluding hydrogens is 310 g/mol. The Bertz CT molecular complexity index is 1020. The Morgan fingerprint density at radius 1 is 0.720 bits per heavy atom. The third-order valence-electron chi connectivity index (χ3n) is 4.77. The number of anilines is 2. The van der Waals surface area contributed by atoms with Gasteiger partial charge in [-0.15, -0.1) is 0 Å². The molecule has 4 rings (SSSR count). The summed E-state index contributed by atoms with van der Waals surface area (Å²) in [6.07, 6.45) is 0. The van der Waals surface area contributed by atoms with Gasteiger partial charge in [0.1, 0.15) is 0 Å². The van der Waals surface area contributed by atoms with Crippen LogP contribution in [-0.4, -0.2) is 11.6 Å². The summed E-state index contributed by atoms with van der Waals surface area (Å²) in [6.45, 7) is 3.86. The van der Waals surface area contributed by atoms with E-state index in [-0.39, 0.29) is 11.6 Å². The molecule has 25 heavy (non-hydrogen) atoms. The lowest BCUT2D eigenvalue weighted by Crippen LogP contribution is -2.23. The molecule has 3 aromatic rings. The van der Waals surface area contributed by atoms with Gasteiger partial charge in [-0.3, -0.25) is 9.59 Å². The Labute approximate surface area is 146 Å². The van der Waals surface area contributed by atoms with Crippen LogP contribution in [0.3, 0.4) is 0 Å². The number of ketones is 2. The molecule has 0 saturated carbocycles. The van der Waals surface area contributed by atoms with E-state index in [4.69, 9.17) is 0 Å². The highest BCUT2D eigenvalue weighted by Crippen LogP contribution is 2.36. The minimum atomic E-state index is -0.105. The lowest BCUT2D eigenvalue weighted by atomic mass is 9.80. The molecule has 0 spiro atoms. The van der Waals surface area contributed by atoms with Crippen LogP contribution in [0.25, 0.3) is 0 Å². The van der Waals surface area contributed by atoms with Crippen LogP contribution in [0.1, 0.15) is 43.0 Å². The zero-order valence-corrected chi connectivity index (χ0v) is 14.1. The standard InChI is InChI=1S/C22H17NO2/c1-13-12-18(23-15-8-4-3-5-9-15)20-19(14(13)2)21(24)16-10-6-7-11-17(16)22(20)25/h3-12,23H,1-2H3. The van der Waals surface area contributed by atoms with Crippen molar-refractivity contribution in [3.63, 3.8) is 0 Å². The molecule has 0 aromatic heterocycles. The molecule has 0 aliphatic heterocycles. The molecule has 1 N–H and O–H groups in total. The highest BCUT2D eigenvalue weighted by atomic mass is 16.1. The van der Waals surface area contributed by atoms with E-state index in [9.17, 15) is 9.59 Å². The molecule has 0 unspecified atom stereocenters. The number of rotatable bonds is 2. The van der Waals surface area contributed by atoms with Crippen molar-refractivity contribution >= 4 is 22.9 Å². The van der Waals surface area contributed by atoms with Crippen LogP contribution >= 0.6 is 0 Å². The van der Waals surface area contributed by atoms with Crippen LogP contribution in [0.15, 0.2) is 60.7 Å². The average Bonchev–Trinajstić information content (AvgIpc) is 2.63. The SMILES string of the molecule is Cc1cc(Nc2ccccc2)c2c(c1C)C(=O)c1ccccc1C2=O. The minimum Gasteiger partial charge on any atom is -0.355 e. The van der Waals surface area contributed by atoms with E-state index in [1.165, 1.54) is 0 Å². The van der Waals surface area contributed by atoms with Gasteiger partial charge < -0.3 is 5.32 Å². The third kappa shape index (κ3) is 2.36. The molecule has 122 valence electrons. The second-order valence-electron chi connectivity index (χ2n) is 6.31. The molecule has 3 heteroatoms. The van der Waals surface area contributed by atoms with Crippen molar-refractivity contribution in [1.29, 1.82) is 0 Å². The van der Waals surface area contributed by atoms with Crippen molar-refractivity contribution in [2.24, 2.45) is 0 Å². The monoisotopic (exact) mass is 327 g/mol. The molecular formula is C22H17NO2. The summed E-state index contributed by atoms with van der Waals surface area (Å²) in [7, 11) is 0. The molecule has 0 amide bonds. The van der Waals surface area contributed by atoms with Crippen LogP contribution in [0.2, 0.25) is 0 Å². The van der Waals surface area contributed by atoms with E-state index in [2.05, 4.69) is 5.32 Å². The summed E-state index contributed by atoms with van der Waals surface area (Å²) in [4.78, 5) is 26.2. The summed E-state index contributed by atoms with van der Waals surface area (Å²) in [5, 5.41) is 3.31. The Morgan fingerprint density at radius 2 is 1.28 bits per heavy atom. The lowest BCUT2D eigenvalue weighted by Gasteiger charge is -2.24. The molecule has 1 aliphatic rings. The summed E-state index contributed by atoms with van der Waals surface area (Å²) in [5.41, 5.74) is 5.35. The lowest BCUT2D eigenvalue weighted by molar-refractivity contribution is 0.0979. The minimum absolute atomic E-state index is 0.0810. The molecule has 3 aromatic carbocycles. The quantitative estimate of drug-likeness (QED) is 0.574. The molecule has 0 fully saturated rings. The number of carbonyl (C=O) groups is 2. The predicted molar refractivity (Wildman–Crippen MR) is 98.9 cm³/mol. The van der Waals surface area contributed by atoms with Crippen LogP contribution in [0.4, 0.5) is 11.4 Å². The molecule has 0 atom stereocenters. The Balaban J connectivity index is 1.96. The van der Waals surface area contributed by atoms with Crippen molar-refractivity contribution in [1.82, 2.24) is 0 Å². The number of nitrogens with one attached hydrogen (secondary N) is 1. The fraction of sp³-hybridized carbons (Fsp3) is 0.0909. The molecule has 1 aliphatic carbocycles. The third-order valence-corrected chi connectivity index (χ3v) is 4.77. The first kappa shape index (κ1) is 15.3. The van der Waals surface area contributed by atoms with Gasteiger partial charge in [-0.25, -0.2) is 0 Å². The van der Waals surface area contributed by atoms with Gasteiger partial charge in [-0.1, -0.05) is 42.5 Å². The van der Waals surface area contributed by atoms with Gasteiger partial charge in [0.25, 0.3) is 0 Å². The average molecular weight is 327 g/mol. The first-order valence-electron chi connectivity index (χ1n) is 8.22. The highest BCUT2D eigenvalue weighted by molar-refractivity contribution is 6.30. The van der Waals surface area contributed by atoms with Gasteiger partial charge in [0.15, 0.2) is 11.6 Å². The zero-order valence-electron chi connectivity index (χ0n) is 14.1. The smallest absolute Gasteiger partial charge is 0.196 e. The number of hydrogen-bond donors (Lipinski definition) is 1. The van der Waals surface area contributed by atoms with Gasteiger partial charge >= 0.3 is 0 Å². The Morgan fingerprint density at radius 3 is 1.92 bits per heavy atom. The number of fused-ring (bicyclic) bond motifs is 2. The van der Waals surface area contributed by atoms with E-state index in [0.29, 0.717) is 27.9 Å². The maximum absolute atomic E-state index is 13.1. The van der Waals surface area contributed by atoms with Gasteiger partial charge in [0.2, 0.25) is 0 Å². The largest absolute Gasteiger partial charge is 0.355 e. The summed E-state index contributed by atoms with van der Waals surface area (Å²) < 4.78 is 0. The van der Waals surface area contributed by atoms with Crippen molar-refractivity contribution in [3.8, 4) is 0 Å². The van der Waals surface area contributed by atoms with E-state index in [1.54, 1.807) is 24.3 Å². The molecule has 0 radical (unpaired) electrons. The molecule has 0 saturated heterocycles. The number of aryl methyl sites for hydroxylation is 1. The Kier molecular flexibility index (Phi) is 3.50. The van der Waals surface area contributed by atoms with Gasteiger partial charge in [-0.05, 0) is 43.2 Å². The first-order valence-corrected chi connectivity index (χ1v) is 8.22. The van der Waals surface area contributed by atoms with Crippen molar-refractivity contribution in [2.75, 3.05) is 5.32 Å². The molecule has 3 nitrogen and oxygen atoms in total.